The summed E-state index contributed by atoms with van der Waals surface area (Å²) < 4.78 is 12.9. The van der Waals surface area contributed by atoms with E-state index in [1.165, 1.54) is 12.1 Å². The Morgan fingerprint density at radius 2 is 2.24 bits per heavy atom. The topological polar surface area (TPSA) is 38.9 Å². The highest BCUT2D eigenvalue weighted by molar-refractivity contribution is 7.09. The van der Waals surface area contributed by atoms with Gasteiger partial charge in [-0.3, -0.25) is 0 Å². The number of hydrogen-bond donors (Lipinski definition) is 1. The molecule has 0 aliphatic heterocycles. The fourth-order valence-corrected chi connectivity index (χ4v) is 2.60. The van der Waals surface area contributed by atoms with Gasteiger partial charge >= 0.3 is 0 Å². The molecule has 0 aliphatic carbocycles. The van der Waals surface area contributed by atoms with Crippen molar-refractivity contribution >= 4 is 22.9 Å². The van der Waals surface area contributed by atoms with Crippen LogP contribution >= 0.6 is 22.9 Å². The van der Waals surface area contributed by atoms with Crippen LogP contribution in [0.5, 0.6) is 0 Å². The molecule has 0 unspecified atom stereocenters. The number of aromatic nitrogens is 1. The summed E-state index contributed by atoms with van der Waals surface area (Å²) in [6.07, 6.45) is 1.80. The number of nitrogens with zero attached hydrogens (tertiary/aromatic N) is 1. The van der Waals surface area contributed by atoms with E-state index in [4.69, 9.17) is 17.3 Å². The molecule has 0 atom stereocenters. The molecule has 2 rings (SSSR count). The van der Waals surface area contributed by atoms with E-state index in [1.807, 2.05) is 5.38 Å². The zero-order valence-electron chi connectivity index (χ0n) is 9.12. The Morgan fingerprint density at radius 3 is 2.94 bits per heavy atom. The molecule has 0 spiro atoms. The quantitative estimate of drug-likeness (QED) is 0.924. The molecule has 1 aromatic heterocycles. The Hall–Kier alpha value is -0.970. The lowest BCUT2D eigenvalue weighted by atomic mass is 10.2. The minimum Gasteiger partial charge on any atom is -0.330 e. The molecule has 1 heterocycles. The van der Waals surface area contributed by atoms with E-state index in [-0.39, 0.29) is 5.82 Å². The van der Waals surface area contributed by atoms with Gasteiger partial charge < -0.3 is 5.73 Å². The second-order valence-corrected chi connectivity index (χ2v) is 4.99. The lowest BCUT2D eigenvalue weighted by Gasteiger charge is -2.00. The van der Waals surface area contributed by atoms with Gasteiger partial charge in [0.1, 0.15) is 5.82 Å². The molecule has 0 saturated carbocycles. The highest BCUT2D eigenvalue weighted by Crippen LogP contribution is 2.29. The fraction of sp³-hybridized carbons (Fsp3) is 0.250. The maximum atomic E-state index is 12.9. The van der Waals surface area contributed by atoms with E-state index >= 15 is 0 Å². The van der Waals surface area contributed by atoms with Gasteiger partial charge in [0.15, 0.2) is 0 Å². The van der Waals surface area contributed by atoms with Crippen LogP contribution < -0.4 is 5.73 Å². The lowest BCUT2D eigenvalue weighted by Crippen LogP contribution is -1.99. The SMILES string of the molecule is NCCCc1nc(-c2ccc(F)cc2Cl)cs1. The van der Waals surface area contributed by atoms with Gasteiger partial charge in [-0.05, 0) is 31.2 Å². The van der Waals surface area contributed by atoms with E-state index in [0.717, 1.165) is 29.1 Å². The predicted octanol–water partition coefficient (Wildman–Crippen LogP) is 3.49. The van der Waals surface area contributed by atoms with Crippen molar-refractivity contribution in [2.24, 2.45) is 5.73 Å². The number of nitrogens with two attached hydrogens (primary N) is 1. The Balaban J connectivity index is 2.24. The number of thiazole rings is 1. The summed E-state index contributed by atoms with van der Waals surface area (Å²) in [4.78, 5) is 4.46. The van der Waals surface area contributed by atoms with Crippen LogP contribution in [0.4, 0.5) is 4.39 Å². The highest BCUT2D eigenvalue weighted by Gasteiger charge is 2.08. The van der Waals surface area contributed by atoms with Crippen molar-refractivity contribution in [1.82, 2.24) is 4.98 Å². The van der Waals surface area contributed by atoms with Crippen molar-refractivity contribution in [3.63, 3.8) is 0 Å². The van der Waals surface area contributed by atoms with Crippen molar-refractivity contribution < 1.29 is 4.39 Å². The summed E-state index contributed by atoms with van der Waals surface area (Å²) in [5, 5.41) is 3.36. The molecule has 1 aromatic carbocycles. The summed E-state index contributed by atoms with van der Waals surface area (Å²) in [6.45, 7) is 0.659. The molecule has 0 saturated heterocycles. The largest absolute Gasteiger partial charge is 0.330 e. The molecule has 0 bridgehead atoms. The first-order chi connectivity index (χ1) is 8.20. The molecule has 90 valence electrons. The highest BCUT2D eigenvalue weighted by atomic mass is 35.5. The maximum Gasteiger partial charge on any atom is 0.124 e. The van der Waals surface area contributed by atoms with Gasteiger partial charge in [0.05, 0.1) is 15.7 Å². The summed E-state index contributed by atoms with van der Waals surface area (Å²) in [5.74, 6) is -0.336. The Morgan fingerprint density at radius 1 is 1.41 bits per heavy atom. The molecule has 2 N–H and O–H groups in total. The summed E-state index contributed by atoms with van der Waals surface area (Å²) in [7, 11) is 0. The van der Waals surface area contributed by atoms with Crippen molar-refractivity contribution in [3.05, 3.63) is 39.4 Å². The third-order valence-electron chi connectivity index (χ3n) is 2.35. The van der Waals surface area contributed by atoms with E-state index in [1.54, 1.807) is 17.4 Å². The first-order valence-electron chi connectivity index (χ1n) is 5.30. The molecule has 0 amide bonds. The summed E-state index contributed by atoms with van der Waals surface area (Å²) >= 11 is 7.56. The van der Waals surface area contributed by atoms with Crippen molar-refractivity contribution in [3.8, 4) is 11.3 Å². The molecule has 5 heteroatoms. The molecule has 0 fully saturated rings. The van der Waals surface area contributed by atoms with Gasteiger partial charge in [0.2, 0.25) is 0 Å². The minimum absolute atomic E-state index is 0.336. The van der Waals surface area contributed by atoms with Gasteiger partial charge in [0.25, 0.3) is 0 Å². The molecular formula is C12H12ClFN2S. The minimum atomic E-state index is -0.336. The van der Waals surface area contributed by atoms with Gasteiger partial charge in [-0.25, -0.2) is 9.37 Å². The normalized spacial score (nSPS) is 10.8. The molecule has 0 aliphatic rings. The number of halogens is 2. The standard InChI is InChI=1S/C12H12ClFN2S/c13-10-6-8(14)3-4-9(10)11-7-17-12(16-11)2-1-5-15/h3-4,6-7H,1-2,5,15H2. The zero-order valence-corrected chi connectivity index (χ0v) is 10.7. The predicted molar refractivity (Wildman–Crippen MR) is 69.9 cm³/mol. The van der Waals surface area contributed by atoms with Crippen LogP contribution in [-0.2, 0) is 6.42 Å². The number of hydrogen-bond acceptors (Lipinski definition) is 3. The summed E-state index contributed by atoms with van der Waals surface area (Å²) in [5.41, 5.74) is 7.01. The van der Waals surface area contributed by atoms with Gasteiger partial charge in [-0.1, -0.05) is 11.6 Å². The Bertz CT molecular complexity index is 513. The van der Waals surface area contributed by atoms with Gasteiger partial charge in [0, 0.05) is 17.4 Å². The van der Waals surface area contributed by atoms with Crippen LogP contribution in [-0.4, -0.2) is 11.5 Å². The number of benzene rings is 1. The molecular weight excluding hydrogens is 259 g/mol. The summed E-state index contributed by atoms with van der Waals surface area (Å²) in [6, 6.07) is 4.34. The second-order valence-electron chi connectivity index (χ2n) is 3.64. The molecule has 0 radical (unpaired) electrons. The maximum absolute atomic E-state index is 12.9. The first kappa shape index (κ1) is 12.5. The average Bonchev–Trinajstić information content (AvgIpc) is 2.75. The van der Waals surface area contributed by atoms with E-state index in [9.17, 15) is 4.39 Å². The van der Waals surface area contributed by atoms with Crippen LogP contribution in [0.3, 0.4) is 0 Å². The smallest absolute Gasteiger partial charge is 0.124 e. The van der Waals surface area contributed by atoms with Crippen LogP contribution in [0, 0.1) is 5.82 Å². The van der Waals surface area contributed by atoms with Crippen molar-refractivity contribution in [2.45, 2.75) is 12.8 Å². The fourth-order valence-electron chi connectivity index (χ4n) is 1.50. The second kappa shape index (κ2) is 5.58. The average molecular weight is 271 g/mol. The van der Waals surface area contributed by atoms with Crippen LogP contribution in [0.25, 0.3) is 11.3 Å². The molecule has 2 nitrogen and oxygen atoms in total. The third kappa shape index (κ3) is 3.03. The van der Waals surface area contributed by atoms with Crippen LogP contribution in [0.15, 0.2) is 23.6 Å². The van der Waals surface area contributed by atoms with Crippen molar-refractivity contribution in [2.75, 3.05) is 6.54 Å². The monoisotopic (exact) mass is 270 g/mol. The zero-order chi connectivity index (χ0) is 12.3. The van der Waals surface area contributed by atoms with Crippen molar-refractivity contribution in [1.29, 1.82) is 0 Å². The first-order valence-corrected chi connectivity index (χ1v) is 6.56. The van der Waals surface area contributed by atoms with E-state index in [0.29, 0.717) is 11.6 Å². The van der Waals surface area contributed by atoms with Gasteiger partial charge in [-0.15, -0.1) is 11.3 Å². The van der Waals surface area contributed by atoms with E-state index in [2.05, 4.69) is 4.98 Å². The number of rotatable bonds is 4. The Labute approximate surface area is 108 Å². The van der Waals surface area contributed by atoms with Crippen LogP contribution in [0.2, 0.25) is 5.02 Å². The molecule has 17 heavy (non-hydrogen) atoms. The number of aryl methyl sites for hydroxylation is 1. The molecule has 2 aromatic rings. The van der Waals surface area contributed by atoms with Crippen LogP contribution in [0.1, 0.15) is 11.4 Å². The lowest BCUT2D eigenvalue weighted by molar-refractivity contribution is 0.628. The van der Waals surface area contributed by atoms with Gasteiger partial charge in [-0.2, -0.15) is 0 Å². The Kier molecular flexibility index (Phi) is 4.10. The third-order valence-corrected chi connectivity index (χ3v) is 3.57. The van der Waals surface area contributed by atoms with E-state index < -0.39 is 0 Å².